The molecule has 0 unspecified atom stereocenters. The third-order valence-electron chi connectivity index (χ3n) is 1.34. The highest BCUT2D eigenvalue weighted by Crippen LogP contribution is 2.10. The molecule has 0 aromatic rings. The third kappa shape index (κ3) is 1.23. The highest BCUT2D eigenvalue weighted by atomic mass is 32.2. The topological polar surface area (TPSA) is 57.6 Å². The van der Waals surface area contributed by atoms with Gasteiger partial charge in [0.05, 0.1) is 12.4 Å². The van der Waals surface area contributed by atoms with Crippen LogP contribution < -0.4 is 0 Å². The van der Waals surface area contributed by atoms with Crippen LogP contribution in [-0.4, -0.2) is 43.3 Å². The molecule has 0 aromatic heterocycles. The Morgan fingerprint density at radius 1 is 1.56 bits per heavy atom. The predicted octanol–water partition coefficient (Wildman–Crippen LogP) is -1.38. The van der Waals surface area contributed by atoms with Crippen molar-refractivity contribution in [1.82, 2.24) is 4.31 Å². The van der Waals surface area contributed by atoms with Crippen molar-refractivity contribution in [3.63, 3.8) is 0 Å². The zero-order valence-electron chi connectivity index (χ0n) is 4.95. The maximum atomic E-state index is 10.6. The van der Waals surface area contributed by atoms with E-state index in [1.165, 1.54) is 4.31 Å². The Kier molecular flexibility index (Phi) is 1.74. The molecule has 1 N–H and O–H groups in total. The Morgan fingerprint density at radius 3 is 2.33 bits per heavy atom. The van der Waals surface area contributed by atoms with E-state index >= 15 is 0 Å². The maximum absolute atomic E-state index is 10.6. The second-order valence-electron chi connectivity index (χ2n) is 1.94. The van der Waals surface area contributed by atoms with Gasteiger partial charge in [-0.3, -0.25) is 0 Å². The first-order chi connectivity index (χ1) is 4.17. The molecule has 1 rings (SSSR count). The number of aliphatic hydroxyl groups excluding tert-OH is 1. The largest absolute Gasteiger partial charge is 0.395 e. The minimum atomic E-state index is -2.91. The normalized spacial score (nSPS) is 25.4. The standard InChI is InChI=1S/C4H9NO3S/c6-3-1-5-2-4-9(5,7)8/h6H,1-4H2. The predicted molar refractivity (Wildman–Crippen MR) is 32.4 cm³/mol. The van der Waals surface area contributed by atoms with Crippen LogP contribution in [-0.2, 0) is 10.0 Å². The van der Waals surface area contributed by atoms with Gasteiger partial charge >= 0.3 is 0 Å². The number of sulfonamides is 1. The Balaban J connectivity index is 2.47. The molecule has 1 heterocycles. The monoisotopic (exact) mass is 151 g/mol. The first-order valence-corrected chi connectivity index (χ1v) is 4.36. The van der Waals surface area contributed by atoms with Crippen molar-refractivity contribution in [2.24, 2.45) is 0 Å². The fourth-order valence-electron chi connectivity index (χ4n) is 0.732. The van der Waals surface area contributed by atoms with Crippen molar-refractivity contribution in [3.8, 4) is 0 Å². The van der Waals surface area contributed by atoms with Crippen LogP contribution in [0.4, 0.5) is 0 Å². The van der Waals surface area contributed by atoms with Crippen LogP contribution in [0.5, 0.6) is 0 Å². The van der Waals surface area contributed by atoms with Crippen molar-refractivity contribution in [2.45, 2.75) is 0 Å². The molecular weight excluding hydrogens is 142 g/mol. The summed E-state index contributed by atoms with van der Waals surface area (Å²) in [6, 6.07) is 0. The lowest BCUT2D eigenvalue weighted by atomic mass is 10.6. The van der Waals surface area contributed by atoms with Crippen LogP contribution in [0.1, 0.15) is 0 Å². The van der Waals surface area contributed by atoms with Gasteiger partial charge in [-0.2, -0.15) is 4.31 Å². The molecule has 1 saturated heterocycles. The van der Waals surface area contributed by atoms with Gasteiger partial charge in [0.25, 0.3) is 0 Å². The summed E-state index contributed by atoms with van der Waals surface area (Å²) in [4.78, 5) is 0. The van der Waals surface area contributed by atoms with E-state index in [1.807, 2.05) is 0 Å². The molecule has 0 spiro atoms. The van der Waals surface area contributed by atoms with Gasteiger partial charge in [-0.15, -0.1) is 0 Å². The van der Waals surface area contributed by atoms with Crippen LogP contribution in [0.25, 0.3) is 0 Å². The van der Waals surface area contributed by atoms with Crippen LogP contribution >= 0.6 is 0 Å². The average Bonchev–Trinajstić information content (AvgIpc) is 1.81. The van der Waals surface area contributed by atoms with Gasteiger partial charge in [0, 0.05) is 13.1 Å². The van der Waals surface area contributed by atoms with E-state index in [-0.39, 0.29) is 18.9 Å². The lowest BCUT2D eigenvalue weighted by Crippen LogP contribution is -2.48. The Morgan fingerprint density at radius 2 is 2.22 bits per heavy atom. The minimum absolute atomic E-state index is 0.0841. The first kappa shape index (κ1) is 6.98. The molecule has 9 heavy (non-hydrogen) atoms. The Hall–Kier alpha value is -0.130. The molecule has 1 fully saturated rings. The van der Waals surface area contributed by atoms with E-state index in [2.05, 4.69) is 0 Å². The molecule has 0 radical (unpaired) electrons. The van der Waals surface area contributed by atoms with Crippen LogP contribution in [0.3, 0.4) is 0 Å². The fraction of sp³-hybridized carbons (Fsp3) is 1.00. The lowest BCUT2D eigenvalue weighted by Gasteiger charge is -2.29. The highest BCUT2D eigenvalue weighted by molar-refractivity contribution is 7.90. The third-order valence-corrected chi connectivity index (χ3v) is 3.19. The molecule has 54 valence electrons. The summed E-state index contributed by atoms with van der Waals surface area (Å²) in [5.74, 6) is 0.243. The summed E-state index contributed by atoms with van der Waals surface area (Å²) in [6.07, 6.45) is 0. The summed E-state index contributed by atoms with van der Waals surface area (Å²) >= 11 is 0. The summed E-state index contributed by atoms with van der Waals surface area (Å²) in [5, 5.41) is 8.33. The maximum Gasteiger partial charge on any atom is 0.215 e. The summed E-state index contributed by atoms with van der Waals surface area (Å²) in [7, 11) is -2.91. The number of β-amino-alcohol motifs (C(OH)–C–C–N with tert-alkyl or cyclic N) is 1. The smallest absolute Gasteiger partial charge is 0.215 e. The molecule has 0 aromatic carbocycles. The number of hydrogen-bond donors (Lipinski definition) is 1. The van der Waals surface area contributed by atoms with Gasteiger partial charge < -0.3 is 5.11 Å². The van der Waals surface area contributed by atoms with Crippen molar-refractivity contribution in [1.29, 1.82) is 0 Å². The van der Waals surface area contributed by atoms with Crippen molar-refractivity contribution in [3.05, 3.63) is 0 Å². The molecular formula is C4H9NO3S. The first-order valence-electron chi connectivity index (χ1n) is 2.75. The van der Waals surface area contributed by atoms with Crippen molar-refractivity contribution >= 4 is 10.0 Å². The minimum Gasteiger partial charge on any atom is -0.395 e. The van der Waals surface area contributed by atoms with E-state index in [4.69, 9.17) is 5.11 Å². The molecule has 5 heteroatoms. The quantitative estimate of drug-likeness (QED) is 0.529. The lowest BCUT2D eigenvalue weighted by molar-refractivity contribution is 0.247. The second-order valence-corrected chi connectivity index (χ2v) is 4.03. The molecule has 0 amide bonds. The Bertz CT molecular complexity index is 186. The zero-order chi connectivity index (χ0) is 6.91. The number of rotatable bonds is 2. The number of aliphatic hydroxyl groups is 1. The summed E-state index contributed by atoms with van der Waals surface area (Å²) in [5.41, 5.74) is 0. The van der Waals surface area contributed by atoms with Gasteiger partial charge in [-0.25, -0.2) is 8.42 Å². The molecule has 0 aliphatic carbocycles. The van der Waals surface area contributed by atoms with Gasteiger partial charge in [0.1, 0.15) is 0 Å². The van der Waals surface area contributed by atoms with Gasteiger partial charge in [-0.05, 0) is 0 Å². The number of hydrogen-bond acceptors (Lipinski definition) is 3. The van der Waals surface area contributed by atoms with Crippen molar-refractivity contribution < 1.29 is 13.5 Å². The van der Waals surface area contributed by atoms with E-state index in [0.717, 1.165) is 0 Å². The van der Waals surface area contributed by atoms with Crippen LogP contribution in [0, 0.1) is 0 Å². The zero-order valence-corrected chi connectivity index (χ0v) is 5.76. The van der Waals surface area contributed by atoms with Gasteiger partial charge in [0.2, 0.25) is 10.0 Å². The number of nitrogens with zero attached hydrogens (tertiary/aromatic N) is 1. The fourth-order valence-corrected chi connectivity index (χ4v) is 1.83. The average molecular weight is 151 g/mol. The van der Waals surface area contributed by atoms with E-state index in [0.29, 0.717) is 6.54 Å². The van der Waals surface area contributed by atoms with E-state index in [9.17, 15) is 8.42 Å². The Labute approximate surface area is 54.1 Å². The molecule has 4 nitrogen and oxygen atoms in total. The highest BCUT2D eigenvalue weighted by Gasteiger charge is 2.31. The van der Waals surface area contributed by atoms with E-state index in [1.54, 1.807) is 0 Å². The van der Waals surface area contributed by atoms with Crippen molar-refractivity contribution in [2.75, 3.05) is 25.4 Å². The molecule has 1 aliphatic heterocycles. The van der Waals surface area contributed by atoms with E-state index < -0.39 is 10.0 Å². The van der Waals surface area contributed by atoms with Crippen LogP contribution in [0.2, 0.25) is 0 Å². The second kappa shape index (κ2) is 2.24. The summed E-state index contributed by atoms with van der Waals surface area (Å²) < 4.78 is 22.5. The van der Waals surface area contributed by atoms with Crippen LogP contribution in [0.15, 0.2) is 0 Å². The SMILES string of the molecule is O=S1(=O)CCN1CCO. The van der Waals surface area contributed by atoms with Gasteiger partial charge in [-0.1, -0.05) is 0 Å². The molecule has 0 atom stereocenters. The van der Waals surface area contributed by atoms with Gasteiger partial charge in [0.15, 0.2) is 0 Å². The summed E-state index contributed by atoms with van der Waals surface area (Å²) in [6.45, 7) is 0.741. The molecule has 1 aliphatic rings. The molecule has 0 saturated carbocycles. The molecule has 0 bridgehead atoms.